The van der Waals surface area contributed by atoms with Gasteiger partial charge in [-0.05, 0) is 44.0 Å². The van der Waals surface area contributed by atoms with Crippen LogP contribution in [-0.4, -0.2) is 39.0 Å². The van der Waals surface area contributed by atoms with Crippen LogP contribution in [0.1, 0.15) is 16.7 Å². The predicted octanol–water partition coefficient (Wildman–Crippen LogP) is 1.85. The topological polar surface area (TPSA) is 30.5 Å². The molecular formula is C15H23NO2. The first-order valence-electron chi connectivity index (χ1n) is 6.64. The summed E-state index contributed by atoms with van der Waals surface area (Å²) in [6.07, 6.45) is 1.14. The van der Waals surface area contributed by atoms with Crippen molar-refractivity contribution in [1.82, 2.24) is 5.32 Å². The Morgan fingerprint density at radius 3 is 2.56 bits per heavy atom. The summed E-state index contributed by atoms with van der Waals surface area (Å²) in [4.78, 5) is 0. The molecule has 1 saturated heterocycles. The second-order valence-corrected chi connectivity index (χ2v) is 4.95. The van der Waals surface area contributed by atoms with E-state index in [2.05, 4.69) is 37.4 Å². The van der Waals surface area contributed by atoms with Crippen LogP contribution in [0.5, 0.6) is 0 Å². The first-order chi connectivity index (χ1) is 8.72. The lowest BCUT2D eigenvalue weighted by molar-refractivity contribution is -0.100. The maximum absolute atomic E-state index is 5.80. The van der Waals surface area contributed by atoms with Crippen LogP contribution in [0.25, 0.3) is 0 Å². The molecule has 2 unspecified atom stereocenters. The minimum Gasteiger partial charge on any atom is -0.376 e. The lowest BCUT2D eigenvalue weighted by Crippen LogP contribution is -2.46. The lowest BCUT2D eigenvalue weighted by atomic mass is 9.94. The van der Waals surface area contributed by atoms with E-state index >= 15 is 0 Å². The lowest BCUT2D eigenvalue weighted by Gasteiger charge is -2.31. The highest BCUT2D eigenvalue weighted by atomic mass is 16.6. The Morgan fingerprint density at radius 1 is 1.28 bits per heavy atom. The van der Waals surface area contributed by atoms with Crippen LogP contribution in [-0.2, 0) is 15.9 Å². The summed E-state index contributed by atoms with van der Waals surface area (Å²) in [5.74, 6) is 0. The molecule has 1 aliphatic heterocycles. The standard InChI is InChI=1S/C15H23NO2/c1-11-5-4-6-12(2)13(11)9-14(16-3)15-10-17-7-8-18-15/h4-6,14-16H,7-10H2,1-3H3. The summed E-state index contributed by atoms with van der Waals surface area (Å²) in [5.41, 5.74) is 4.13. The smallest absolute Gasteiger partial charge is 0.0965 e. The van der Waals surface area contributed by atoms with Crippen molar-refractivity contribution in [2.75, 3.05) is 26.9 Å². The average molecular weight is 249 g/mol. The third-order valence-electron chi connectivity index (χ3n) is 3.73. The molecule has 18 heavy (non-hydrogen) atoms. The van der Waals surface area contributed by atoms with Crippen LogP contribution >= 0.6 is 0 Å². The molecule has 1 aromatic carbocycles. The maximum Gasteiger partial charge on any atom is 0.0965 e. The Hall–Kier alpha value is -0.900. The molecule has 100 valence electrons. The molecule has 2 rings (SSSR count). The van der Waals surface area contributed by atoms with Crippen LogP contribution in [0.3, 0.4) is 0 Å². The van der Waals surface area contributed by atoms with Gasteiger partial charge in [0.15, 0.2) is 0 Å². The SMILES string of the molecule is CNC(Cc1c(C)cccc1C)C1COCCO1. The Kier molecular flexibility index (Phi) is 4.75. The quantitative estimate of drug-likeness (QED) is 0.883. The Bertz CT molecular complexity index is 366. The molecule has 3 nitrogen and oxygen atoms in total. The van der Waals surface area contributed by atoms with Gasteiger partial charge in [-0.1, -0.05) is 18.2 Å². The van der Waals surface area contributed by atoms with Crippen molar-refractivity contribution in [3.8, 4) is 0 Å². The second-order valence-electron chi connectivity index (χ2n) is 4.95. The summed E-state index contributed by atoms with van der Waals surface area (Å²) in [6.45, 7) is 6.46. The molecule has 0 aromatic heterocycles. The minimum atomic E-state index is 0.155. The minimum absolute atomic E-state index is 0.155. The maximum atomic E-state index is 5.80. The molecular weight excluding hydrogens is 226 g/mol. The van der Waals surface area contributed by atoms with Gasteiger partial charge in [0, 0.05) is 6.04 Å². The van der Waals surface area contributed by atoms with Crippen molar-refractivity contribution >= 4 is 0 Å². The summed E-state index contributed by atoms with van der Waals surface area (Å²) >= 11 is 0. The average Bonchev–Trinajstić information content (AvgIpc) is 2.40. The molecule has 1 aliphatic rings. The Labute approximate surface area is 109 Å². The van der Waals surface area contributed by atoms with Crippen LogP contribution in [0.4, 0.5) is 0 Å². The van der Waals surface area contributed by atoms with E-state index in [9.17, 15) is 0 Å². The number of likely N-dealkylation sites (N-methyl/N-ethyl adjacent to an activating group) is 1. The molecule has 1 aromatic rings. The Morgan fingerprint density at radius 2 is 2.00 bits per heavy atom. The summed E-state index contributed by atoms with van der Waals surface area (Å²) in [6, 6.07) is 6.77. The van der Waals surface area contributed by atoms with Gasteiger partial charge < -0.3 is 14.8 Å². The number of ether oxygens (including phenoxy) is 2. The monoisotopic (exact) mass is 249 g/mol. The van der Waals surface area contributed by atoms with Gasteiger partial charge in [0.05, 0.1) is 25.9 Å². The molecule has 1 N–H and O–H groups in total. The van der Waals surface area contributed by atoms with E-state index in [0.29, 0.717) is 19.3 Å². The van der Waals surface area contributed by atoms with Gasteiger partial charge in [-0.2, -0.15) is 0 Å². The number of rotatable bonds is 4. The van der Waals surface area contributed by atoms with Crippen molar-refractivity contribution in [3.63, 3.8) is 0 Å². The van der Waals surface area contributed by atoms with Gasteiger partial charge in [-0.3, -0.25) is 0 Å². The third kappa shape index (κ3) is 3.10. The van der Waals surface area contributed by atoms with E-state index in [4.69, 9.17) is 9.47 Å². The molecule has 0 spiro atoms. The number of hydrogen-bond donors (Lipinski definition) is 1. The number of aryl methyl sites for hydroxylation is 2. The summed E-state index contributed by atoms with van der Waals surface area (Å²) in [7, 11) is 2.00. The van der Waals surface area contributed by atoms with Crippen LogP contribution in [0.2, 0.25) is 0 Å². The number of benzene rings is 1. The molecule has 3 heteroatoms. The summed E-state index contributed by atoms with van der Waals surface area (Å²) < 4.78 is 11.3. The fourth-order valence-electron chi connectivity index (χ4n) is 2.55. The van der Waals surface area contributed by atoms with Gasteiger partial charge in [0.1, 0.15) is 0 Å². The van der Waals surface area contributed by atoms with E-state index in [1.807, 2.05) is 7.05 Å². The highest BCUT2D eigenvalue weighted by Gasteiger charge is 2.24. The van der Waals surface area contributed by atoms with Crippen molar-refractivity contribution < 1.29 is 9.47 Å². The number of hydrogen-bond acceptors (Lipinski definition) is 3. The van der Waals surface area contributed by atoms with Crippen molar-refractivity contribution in [2.24, 2.45) is 0 Å². The molecule has 0 radical (unpaired) electrons. The van der Waals surface area contributed by atoms with Gasteiger partial charge in [-0.15, -0.1) is 0 Å². The fourth-order valence-corrected chi connectivity index (χ4v) is 2.55. The van der Waals surface area contributed by atoms with Gasteiger partial charge in [0.2, 0.25) is 0 Å². The molecule has 1 fully saturated rings. The number of nitrogens with one attached hydrogen (secondary N) is 1. The van der Waals surface area contributed by atoms with Crippen LogP contribution < -0.4 is 5.32 Å². The zero-order valence-corrected chi connectivity index (χ0v) is 11.5. The van der Waals surface area contributed by atoms with Crippen molar-refractivity contribution in [1.29, 1.82) is 0 Å². The van der Waals surface area contributed by atoms with Crippen molar-refractivity contribution in [2.45, 2.75) is 32.4 Å². The van der Waals surface area contributed by atoms with E-state index in [-0.39, 0.29) is 6.10 Å². The largest absolute Gasteiger partial charge is 0.376 e. The van der Waals surface area contributed by atoms with Gasteiger partial charge in [-0.25, -0.2) is 0 Å². The van der Waals surface area contributed by atoms with E-state index in [0.717, 1.165) is 13.0 Å². The van der Waals surface area contributed by atoms with E-state index < -0.39 is 0 Å². The zero-order valence-electron chi connectivity index (χ0n) is 11.5. The highest BCUT2D eigenvalue weighted by Crippen LogP contribution is 2.18. The predicted molar refractivity (Wildman–Crippen MR) is 73.0 cm³/mol. The zero-order chi connectivity index (χ0) is 13.0. The molecule has 0 bridgehead atoms. The summed E-state index contributed by atoms with van der Waals surface area (Å²) in [5, 5.41) is 3.37. The first-order valence-corrected chi connectivity index (χ1v) is 6.64. The van der Waals surface area contributed by atoms with Crippen molar-refractivity contribution in [3.05, 3.63) is 34.9 Å². The highest BCUT2D eigenvalue weighted by molar-refractivity contribution is 5.34. The van der Waals surface area contributed by atoms with Crippen LogP contribution in [0.15, 0.2) is 18.2 Å². The van der Waals surface area contributed by atoms with Gasteiger partial charge in [0.25, 0.3) is 0 Å². The van der Waals surface area contributed by atoms with E-state index in [1.165, 1.54) is 16.7 Å². The molecule has 1 heterocycles. The van der Waals surface area contributed by atoms with Gasteiger partial charge >= 0.3 is 0 Å². The molecule has 0 saturated carbocycles. The Balaban J connectivity index is 2.09. The first kappa shape index (κ1) is 13.5. The normalized spacial score (nSPS) is 21.8. The van der Waals surface area contributed by atoms with Crippen LogP contribution in [0, 0.1) is 13.8 Å². The fraction of sp³-hybridized carbons (Fsp3) is 0.600. The second kappa shape index (κ2) is 6.32. The molecule has 0 aliphatic carbocycles. The van der Waals surface area contributed by atoms with E-state index in [1.54, 1.807) is 0 Å². The third-order valence-corrected chi connectivity index (χ3v) is 3.73. The molecule has 2 atom stereocenters. The molecule has 0 amide bonds.